The lowest BCUT2D eigenvalue weighted by atomic mass is 9.92. The number of amides is 8. The first-order valence-electron chi connectivity index (χ1n) is 36.1. The summed E-state index contributed by atoms with van der Waals surface area (Å²) in [7, 11) is 0. The number of carbonyl (C=O) groups is 8. The van der Waals surface area contributed by atoms with Crippen LogP contribution >= 0.6 is 0 Å². The Labute approximate surface area is 578 Å². The van der Waals surface area contributed by atoms with E-state index < -0.39 is 6.17 Å². The van der Waals surface area contributed by atoms with Crippen LogP contribution in [0.2, 0.25) is 0 Å². The van der Waals surface area contributed by atoms with Gasteiger partial charge in [0.2, 0.25) is 47.3 Å². The molecule has 0 aromatic heterocycles. The first-order valence-corrected chi connectivity index (χ1v) is 36.1. The van der Waals surface area contributed by atoms with Gasteiger partial charge in [0.05, 0.1) is 26.3 Å². The summed E-state index contributed by atoms with van der Waals surface area (Å²) in [5, 5.41) is 0. The van der Waals surface area contributed by atoms with Gasteiger partial charge in [-0.3, -0.25) is 38.4 Å². The average Bonchev–Trinajstić information content (AvgIpc) is 1.66. The molecule has 0 radical (unpaired) electrons. The number of rotatable bonds is 1. The minimum atomic E-state index is -0.790. The van der Waals surface area contributed by atoms with E-state index in [1.165, 1.54) is 57.8 Å². The average molecular weight is 1350 g/mol. The number of carbonyl (C=O) groups excluding carboxylic acids is 8. The predicted octanol–water partition coefficient (Wildman–Crippen LogP) is 12.6. The van der Waals surface area contributed by atoms with Gasteiger partial charge >= 0.3 is 0 Å². The highest BCUT2D eigenvalue weighted by atomic mass is 19.1. The van der Waals surface area contributed by atoms with E-state index in [9.17, 15) is 42.7 Å². The van der Waals surface area contributed by atoms with Crippen molar-refractivity contribution in [1.82, 2.24) is 39.2 Å². The second-order valence-electron chi connectivity index (χ2n) is 36.1. The van der Waals surface area contributed by atoms with Crippen molar-refractivity contribution in [2.45, 2.75) is 250 Å². The predicted molar refractivity (Wildman–Crippen MR) is 385 cm³/mol. The van der Waals surface area contributed by atoms with Gasteiger partial charge in [-0.2, -0.15) is 0 Å². The molecule has 0 aromatic carbocycles. The molecule has 0 aromatic rings. The highest BCUT2D eigenvalue weighted by Gasteiger charge is 2.38. The quantitative estimate of drug-likeness (QED) is 0.264. The normalized spacial score (nSPS) is 20.6. The number of hydrogen-bond acceptors (Lipinski definition) is 10. The van der Waals surface area contributed by atoms with E-state index in [2.05, 4.69) is 20.4 Å². The van der Waals surface area contributed by atoms with Crippen LogP contribution in [0.15, 0.2) is 12.3 Å². The van der Waals surface area contributed by atoms with Gasteiger partial charge in [0.1, 0.15) is 6.17 Å². The van der Waals surface area contributed by atoms with Crippen molar-refractivity contribution in [3.8, 4) is 0 Å². The van der Waals surface area contributed by atoms with E-state index in [0.717, 1.165) is 104 Å². The largest absolute Gasteiger partial charge is 0.402 e. The molecule has 18 nitrogen and oxygen atoms in total. The van der Waals surface area contributed by atoms with Crippen molar-refractivity contribution in [3.05, 3.63) is 12.3 Å². The lowest BCUT2D eigenvalue weighted by molar-refractivity contribution is -0.147. The fraction of sp³-hybridized carbons (Fsp3) is 0.868. The number of nitrogens with two attached hydrogens (primary N) is 1. The third kappa shape index (κ3) is 32.6. The number of halogens is 1. The zero-order chi connectivity index (χ0) is 73.6. The fourth-order valence-electron chi connectivity index (χ4n) is 11.3. The van der Waals surface area contributed by atoms with E-state index in [4.69, 9.17) is 10.5 Å². The van der Waals surface area contributed by atoms with E-state index in [0.29, 0.717) is 60.3 Å². The highest BCUT2D eigenvalue weighted by molar-refractivity contribution is 5.85. The van der Waals surface area contributed by atoms with E-state index >= 15 is 0 Å². The monoisotopic (exact) mass is 1340 g/mol. The Morgan fingerprint density at radius 3 is 0.821 bits per heavy atom. The topological polar surface area (TPSA) is 198 Å². The molecule has 0 aliphatic carbocycles. The van der Waals surface area contributed by atoms with Crippen molar-refractivity contribution in [2.75, 3.05) is 118 Å². The lowest BCUT2D eigenvalue weighted by Gasteiger charge is -2.38. The number of ether oxygens (including phenoxy) is 1. The zero-order valence-electron chi connectivity index (χ0n) is 65.5. The van der Waals surface area contributed by atoms with Crippen molar-refractivity contribution in [3.63, 3.8) is 0 Å². The van der Waals surface area contributed by atoms with Crippen molar-refractivity contribution < 1.29 is 47.5 Å². The van der Waals surface area contributed by atoms with Gasteiger partial charge in [0, 0.05) is 147 Å². The number of morpholine rings is 1. The molecule has 2 unspecified atom stereocenters. The Bertz CT molecular complexity index is 2330. The molecule has 0 saturated carbocycles. The highest BCUT2D eigenvalue weighted by Crippen LogP contribution is 2.29. The molecular formula is C76H142FN9O9. The van der Waals surface area contributed by atoms with Gasteiger partial charge in [-0.15, -0.1) is 0 Å². The Hall–Kier alpha value is -4.81. The Morgan fingerprint density at radius 2 is 0.558 bits per heavy atom. The maximum absolute atomic E-state index is 12.3. The summed E-state index contributed by atoms with van der Waals surface area (Å²) >= 11 is 0. The lowest BCUT2D eigenvalue weighted by Crippen LogP contribution is -2.54. The third-order valence-electron chi connectivity index (χ3n) is 17.5. The van der Waals surface area contributed by atoms with Crippen LogP contribution in [-0.4, -0.2) is 211 Å². The molecule has 552 valence electrons. The Kier molecular flexibility index (Phi) is 35.2. The molecule has 2 atom stereocenters. The van der Waals surface area contributed by atoms with Gasteiger partial charge in [0.15, 0.2) is 0 Å². The van der Waals surface area contributed by atoms with Crippen LogP contribution in [-0.2, 0) is 43.1 Å². The van der Waals surface area contributed by atoms with Crippen LogP contribution in [0.25, 0.3) is 0 Å². The summed E-state index contributed by atoms with van der Waals surface area (Å²) in [6.07, 6.45) is 10.9. The van der Waals surface area contributed by atoms with Gasteiger partial charge in [-0.1, -0.05) is 187 Å². The molecule has 8 aliphatic rings. The Balaban J connectivity index is 0.000000544. The molecule has 95 heavy (non-hydrogen) atoms. The Morgan fingerprint density at radius 1 is 0.316 bits per heavy atom. The van der Waals surface area contributed by atoms with Gasteiger partial charge in [-0.05, 0) is 76.0 Å². The van der Waals surface area contributed by atoms with Crippen LogP contribution in [0.5, 0.6) is 0 Å². The SMILES string of the molecule is C=C(N)C1CCN(C(=O)C(C)(C)C)C1.CC(C)(C)C(=O)N1CC(F)C1.CC(C)(C)C(=O)N1CCC1.CC(C)(C)C(=O)N1CCCC1.CC(C)(C)C(=O)N1CCCCC1.CC(C)(C)C(=O)N1CCOCC1.CC1CCN(C(=O)C(C)(C)C)C1.CC1CCN(C(=O)C(C)(C)C)CC1. The molecular weight excluding hydrogens is 1200 g/mol. The van der Waals surface area contributed by atoms with Crippen LogP contribution < -0.4 is 5.73 Å². The van der Waals surface area contributed by atoms with Crippen molar-refractivity contribution in [1.29, 1.82) is 0 Å². The number of piperidine rings is 2. The van der Waals surface area contributed by atoms with Gasteiger partial charge < -0.3 is 49.7 Å². The second kappa shape index (κ2) is 38.0. The molecule has 8 amide bonds. The first kappa shape index (κ1) is 88.2. The molecule has 19 heteroatoms. The number of hydrogen-bond donors (Lipinski definition) is 1. The van der Waals surface area contributed by atoms with Crippen LogP contribution in [0.4, 0.5) is 4.39 Å². The molecule has 8 aliphatic heterocycles. The van der Waals surface area contributed by atoms with Crippen LogP contribution in [0.3, 0.4) is 0 Å². The summed E-state index contributed by atoms with van der Waals surface area (Å²) in [6.45, 7) is 69.8. The van der Waals surface area contributed by atoms with Gasteiger partial charge in [0.25, 0.3) is 0 Å². The summed E-state index contributed by atoms with van der Waals surface area (Å²) in [5.41, 5.74) is 4.46. The van der Waals surface area contributed by atoms with E-state index in [1.807, 2.05) is 200 Å². The van der Waals surface area contributed by atoms with E-state index in [1.54, 1.807) is 4.90 Å². The number of alkyl halides is 1. The number of likely N-dealkylation sites (tertiary alicyclic amines) is 7. The summed E-state index contributed by atoms with van der Waals surface area (Å²) in [6, 6.07) is 0. The number of nitrogens with zero attached hydrogens (tertiary/aromatic N) is 8. The second-order valence-corrected chi connectivity index (χ2v) is 36.1. The zero-order valence-corrected chi connectivity index (χ0v) is 65.5. The fourth-order valence-corrected chi connectivity index (χ4v) is 11.3. The van der Waals surface area contributed by atoms with Crippen molar-refractivity contribution in [2.24, 2.45) is 66.8 Å². The third-order valence-corrected chi connectivity index (χ3v) is 17.5. The molecule has 8 rings (SSSR count). The minimum absolute atomic E-state index is 0.0476. The van der Waals surface area contributed by atoms with Crippen molar-refractivity contribution >= 4 is 47.3 Å². The summed E-state index contributed by atoms with van der Waals surface area (Å²) in [5.74, 6) is 3.77. The summed E-state index contributed by atoms with van der Waals surface area (Å²) in [4.78, 5) is 108. The summed E-state index contributed by atoms with van der Waals surface area (Å²) < 4.78 is 17.5. The molecule has 0 spiro atoms. The maximum Gasteiger partial charge on any atom is 0.228 e. The minimum Gasteiger partial charge on any atom is -0.402 e. The molecule has 8 saturated heterocycles. The molecule has 8 fully saturated rings. The first-order chi connectivity index (χ1) is 43.1. The smallest absolute Gasteiger partial charge is 0.228 e. The van der Waals surface area contributed by atoms with E-state index in [-0.39, 0.29) is 74.1 Å². The maximum atomic E-state index is 12.3. The molecule has 0 bridgehead atoms. The van der Waals surface area contributed by atoms with Crippen LogP contribution in [0, 0.1) is 61.1 Å². The molecule has 2 N–H and O–H groups in total. The van der Waals surface area contributed by atoms with Crippen LogP contribution in [0.1, 0.15) is 244 Å². The standard InChI is InChI=1S/C11H20N2O.C11H21NO.2C10H19NO.C9H17NO2.C9H17NO.C8H14FNO.C8H15NO/c1-8(12)9-5-6-13(7-9)10(14)11(2,3)4;1-9-5-7-12(8-6-9)10(13)11(2,3)4;1-8-5-6-11(7-8)9(12)10(2,3)4;1-10(2,3)9(12)11-7-5-4-6-8-11;1-9(2,3)8(11)10-4-6-12-7-5-10;1-9(2,3)8(11)10-6-4-5-7-10;1-8(2,3)7(11)10-4-6(9)5-10;1-8(2,3)7(10)9-5-4-6-9/h9H,1,5-7,12H2,2-4H3;9H,5-8H2,1-4H3;8H,5-7H2,1-4H3;4-8H2,1-3H3;4-7H2,1-3H3;4-7H2,1-3H3;6H,4-5H2,1-3H3;4-6H2,1-3H3. The van der Waals surface area contributed by atoms with Gasteiger partial charge in [-0.25, -0.2) is 4.39 Å². The molecule has 8 heterocycles.